The lowest BCUT2D eigenvalue weighted by atomic mass is 10.4. The van der Waals surface area contributed by atoms with E-state index in [9.17, 15) is 4.79 Å². The Morgan fingerprint density at radius 1 is 0.857 bits per heavy atom. The lowest BCUT2D eigenvalue weighted by molar-refractivity contribution is 0.186. The average molecular weight is 294 g/mol. The van der Waals surface area contributed by atoms with Gasteiger partial charge in [0.15, 0.2) is 0 Å². The zero-order chi connectivity index (χ0) is 14.6. The van der Waals surface area contributed by atoms with Gasteiger partial charge in [-0.05, 0) is 24.3 Å². The van der Waals surface area contributed by atoms with Crippen LogP contribution < -0.4 is 10.6 Å². The molecule has 2 rings (SSSR count). The number of hydrogen-bond acceptors (Lipinski definition) is 5. The average Bonchev–Trinajstić information content (AvgIpc) is 2.49. The maximum absolute atomic E-state index is 11.5. The van der Waals surface area contributed by atoms with Gasteiger partial charge in [0, 0.05) is 36.2 Å². The van der Waals surface area contributed by atoms with Crippen LogP contribution in [0.2, 0.25) is 0 Å². The van der Waals surface area contributed by atoms with Crippen LogP contribution in [0.5, 0.6) is 0 Å². The molecule has 2 aromatic rings. The van der Waals surface area contributed by atoms with E-state index in [1.807, 2.05) is 0 Å². The molecule has 2 heterocycles. The first-order valence-electron chi connectivity index (χ1n) is 5.86. The van der Waals surface area contributed by atoms with Crippen LogP contribution in [-0.4, -0.2) is 44.9 Å². The van der Waals surface area contributed by atoms with Gasteiger partial charge in [-0.2, -0.15) is 0 Å². The number of pyridine rings is 2. The van der Waals surface area contributed by atoms with Crippen molar-refractivity contribution in [1.82, 2.24) is 9.97 Å². The van der Waals surface area contributed by atoms with Gasteiger partial charge in [0.05, 0.1) is 13.2 Å². The molecule has 0 atom stereocenters. The molecule has 0 spiro atoms. The molecule has 0 bridgehead atoms. The Morgan fingerprint density at radius 2 is 1.19 bits per heavy atom. The first kappa shape index (κ1) is 18.4. The van der Waals surface area contributed by atoms with Crippen molar-refractivity contribution in [3.05, 3.63) is 49.1 Å². The van der Waals surface area contributed by atoms with Crippen molar-refractivity contribution < 1.29 is 20.5 Å². The Morgan fingerprint density at radius 3 is 1.48 bits per heavy atom. The molecule has 6 N–H and O–H groups in total. The smallest absolute Gasteiger partial charge is 0.323 e. The fraction of sp³-hybridized carbons (Fsp3) is 0.154. The highest BCUT2D eigenvalue weighted by Gasteiger charge is 2.01. The van der Waals surface area contributed by atoms with Crippen molar-refractivity contribution in [3.63, 3.8) is 0 Å². The van der Waals surface area contributed by atoms with Crippen LogP contribution >= 0.6 is 0 Å². The van der Waals surface area contributed by atoms with Crippen molar-refractivity contribution in [1.29, 1.82) is 0 Å². The second-order valence-corrected chi connectivity index (χ2v) is 3.50. The van der Waals surface area contributed by atoms with Crippen molar-refractivity contribution in [3.8, 4) is 0 Å². The lowest BCUT2D eigenvalue weighted by Gasteiger charge is -2.06. The second kappa shape index (κ2) is 11.3. The molecule has 0 saturated heterocycles. The van der Waals surface area contributed by atoms with E-state index >= 15 is 0 Å². The number of carbonyl (C=O) groups excluding carboxylic acids is 1. The summed E-state index contributed by atoms with van der Waals surface area (Å²) in [6, 6.07) is 6.56. The molecule has 0 fully saturated rings. The van der Waals surface area contributed by atoms with E-state index in [0.717, 1.165) is 0 Å². The summed E-state index contributed by atoms with van der Waals surface area (Å²) in [7, 11) is 0. The van der Waals surface area contributed by atoms with Crippen LogP contribution in [0.3, 0.4) is 0 Å². The Kier molecular flexibility index (Phi) is 9.92. The molecule has 0 aliphatic carbocycles. The normalized spacial score (nSPS) is 8.67. The molecule has 0 aliphatic rings. The molecule has 2 amide bonds. The summed E-state index contributed by atoms with van der Waals surface area (Å²) in [5, 5.41) is 20.6. The third-order valence-corrected chi connectivity index (χ3v) is 1.98. The van der Waals surface area contributed by atoms with E-state index in [-0.39, 0.29) is 24.7 Å². The summed E-state index contributed by atoms with van der Waals surface area (Å²) in [6.45, 7) is -0.250. The topological polar surface area (TPSA) is 139 Å². The minimum atomic E-state index is -0.294. The van der Waals surface area contributed by atoms with E-state index in [1.54, 1.807) is 49.1 Å². The van der Waals surface area contributed by atoms with Crippen molar-refractivity contribution in [2.45, 2.75) is 0 Å². The largest absolute Gasteiger partial charge is 0.412 e. The Bertz CT molecular complexity index is 451. The number of hydrogen-bond donors (Lipinski definition) is 4. The molecule has 114 valence electrons. The minimum absolute atomic E-state index is 0. The summed E-state index contributed by atoms with van der Waals surface area (Å²) in [4.78, 5) is 19.2. The molecule has 0 saturated carbocycles. The highest BCUT2D eigenvalue weighted by atomic mass is 16.3. The number of rotatable bonds is 3. The van der Waals surface area contributed by atoms with Gasteiger partial charge < -0.3 is 26.3 Å². The van der Waals surface area contributed by atoms with Gasteiger partial charge in [-0.3, -0.25) is 9.97 Å². The summed E-state index contributed by atoms with van der Waals surface area (Å²) in [5.74, 6) is 0. The van der Waals surface area contributed by atoms with Crippen LogP contribution in [0, 0.1) is 0 Å². The Balaban J connectivity index is 0.000000715. The van der Waals surface area contributed by atoms with Gasteiger partial charge in [-0.15, -0.1) is 0 Å². The maximum atomic E-state index is 11.5. The number of anilines is 2. The number of aromatic nitrogens is 2. The number of aliphatic hydroxyl groups is 2. The third kappa shape index (κ3) is 8.26. The zero-order valence-corrected chi connectivity index (χ0v) is 11.2. The standard InChI is InChI=1S/C11H10N4O.C2H6O2.H2O/c16-11(14-9-1-5-12-6-2-9)15-10-3-7-13-8-4-10;3-1-2-4;/h1-8H,(H2,12,13,14,15,16);3-4H,1-2H2;1H2. The van der Waals surface area contributed by atoms with E-state index in [2.05, 4.69) is 20.6 Å². The molecule has 8 heteroatoms. The summed E-state index contributed by atoms with van der Waals surface area (Å²) >= 11 is 0. The Labute approximate surface area is 121 Å². The highest BCUT2D eigenvalue weighted by Crippen LogP contribution is 2.06. The predicted octanol–water partition coefficient (Wildman–Crippen LogP) is 0.267. The van der Waals surface area contributed by atoms with Crippen LogP contribution in [0.1, 0.15) is 0 Å². The second-order valence-electron chi connectivity index (χ2n) is 3.50. The molecule has 21 heavy (non-hydrogen) atoms. The molecule has 0 radical (unpaired) electrons. The summed E-state index contributed by atoms with van der Waals surface area (Å²) in [5.41, 5.74) is 1.39. The van der Waals surface area contributed by atoms with Gasteiger partial charge in [0.1, 0.15) is 0 Å². The number of nitrogens with one attached hydrogen (secondary N) is 2. The highest BCUT2D eigenvalue weighted by molar-refractivity contribution is 5.99. The van der Waals surface area contributed by atoms with Crippen molar-refractivity contribution in [2.75, 3.05) is 23.8 Å². The van der Waals surface area contributed by atoms with E-state index < -0.39 is 0 Å². The van der Waals surface area contributed by atoms with Gasteiger partial charge in [0.2, 0.25) is 0 Å². The number of carbonyl (C=O) groups is 1. The zero-order valence-electron chi connectivity index (χ0n) is 11.2. The van der Waals surface area contributed by atoms with Crippen LogP contribution in [0.4, 0.5) is 16.2 Å². The van der Waals surface area contributed by atoms with Crippen molar-refractivity contribution in [2.24, 2.45) is 0 Å². The first-order valence-corrected chi connectivity index (χ1v) is 5.86. The summed E-state index contributed by atoms with van der Waals surface area (Å²) in [6.07, 6.45) is 6.45. The molecule has 2 aromatic heterocycles. The van der Waals surface area contributed by atoms with E-state index in [0.29, 0.717) is 11.4 Å². The molecule has 0 unspecified atom stereocenters. The number of nitrogens with zero attached hydrogens (tertiary/aromatic N) is 2. The van der Waals surface area contributed by atoms with Gasteiger partial charge in [-0.25, -0.2) is 4.79 Å². The fourth-order valence-corrected chi connectivity index (χ4v) is 1.16. The number of aliphatic hydroxyl groups excluding tert-OH is 2. The molecule has 0 aromatic carbocycles. The van der Waals surface area contributed by atoms with Crippen LogP contribution in [-0.2, 0) is 0 Å². The first-order chi connectivity index (χ1) is 9.76. The molecule has 0 aliphatic heterocycles. The van der Waals surface area contributed by atoms with E-state index in [4.69, 9.17) is 10.2 Å². The summed E-state index contributed by atoms with van der Waals surface area (Å²) < 4.78 is 0. The molecular weight excluding hydrogens is 276 g/mol. The van der Waals surface area contributed by atoms with Gasteiger partial charge in [-0.1, -0.05) is 0 Å². The van der Waals surface area contributed by atoms with Crippen molar-refractivity contribution >= 4 is 17.4 Å². The van der Waals surface area contributed by atoms with Crippen LogP contribution in [0.15, 0.2) is 49.1 Å². The maximum Gasteiger partial charge on any atom is 0.323 e. The lowest BCUT2D eigenvalue weighted by Crippen LogP contribution is -2.19. The quantitative estimate of drug-likeness (QED) is 0.643. The third-order valence-electron chi connectivity index (χ3n) is 1.98. The SMILES string of the molecule is O.O=C(Nc1ccncc1)Nc1ccncc1.OCCO. The predicted molar refractivity (Wildman–Crippen MR) is 78.9 cm³/mol. The molecular formula is C13H18N4O4. The fourth-order valence-electron chi connectivity index (χ4n) is 1.16. The number of amides is 2. The van der Waals surface area contributed by atoms with E-state index in [1.165, 1.54) is 0 Å². The number of urea groups is 1. The Hall–Kier alpha value is -2.55. The monoisotopic (exact) mass is 294 g/mol. The molecule has 8 nitrogen and oxygen atoms in total. The van der Waals surface area contributed by atoms with Crippen LogP contribution in [0.25, 0.3) is 0 Å². The minimum Gasteiger partial charge on any atom is -0.412 e. The van der Waals surface area contributed by atoms with Gasteiger partial charge in [0.25, 0.3) is 0 Å². The van der Waals surface area contributed by atoms with Gasteiger partial charge >= 0.3 is 6.03 Å².